The Morgan fingerprint density at radius 2 is 1.87 bits per heavy atom. The van der Waals surface area contributed by atoms with Crippen molar-refractivity contribution in [2.24, 2.45) is 14.1 Å². The molecule has 158 valence electrons. The fourth-order valence-electron chi connectivity index (χ4n) is 4.32. The molecule has 0 saturated heterocycles. The summed E-state index contributed by atoms with van der Waals surface area (Å²) in [5.41, 5.74) is 3.67. The molecule has 31 heavy (non-hydrogen) atoms. The van der Waals surface area contributed by atoms with Crippen LogP contribution in [0.1, 0.15) is 21.6 Å². The van der Waals surface area contributed by atoms with Crippen LogP contribution in [0.15, 0.2) is 36.8 Å². The summed E-state index contributed by atoms with van der Waals surface area (Å²) in [6, 6.07) is 3.79. The number of aromatic nitrogens is 4. The Kier molecular flexibility index (Phi) is 4.35. The highest BCUT2D eigenvalue weighted by atomic mass is 19.2. The lowest BCUT2D eigenvalue weighted by atomic mass is 9.99. The van der Waals surface area contributed by atoms with Crippen molar-refractivity contribution in [1.82, 2.24) is 24.2 Å². The van der Waals surface area contributed by atoms with Gasteiger partial charge < -0.3 is 9.47 Å². The van der Waals surface area contributed by atoms with Crippen molar-refractivity contribution in [3.05, 3.63) is 71.1 Å². The van der Waals surface area contributed by atoms with E-state index in [1.54, 1.807) is 30.5 Å². The molecule has 0 N–H and O–H groups in total. The minimum Gasteiger partial charge on any atom is -0.350 e. The van der Waals surface area contributed by atoms with Gasteiger partial charge in [0.15, 0.2) is 17.5 Å². The van der Waals surface area contributed by atoms with Gasteiger partial charge in [0.05, 0.1) is 29.0 Å². The van der Waals surface area contributed by atoms with Gasteiger partial charge in [0, 0.05) is 55.7 Å². The number of nitrogens with zero attached hydrogens (tertiary/aromatic N) is 5. The average molecular weight is 425 g/mol. The fourth-order valence-corrected chi connectivity index (χ4v) is 4.32. The zero-order valence-electron chi connectivity index (χ0n) is 16.9. The molecule has 0 spiro atoms. The second-order valence-electron chi connectivity index (χ2n) is 7.67. The maximum atomic E-state index is 13.8. The first kappa shape index (κ1) is 19.3. The van der Waals surface area contributed by atoms with Crippen molar-refractivity contribution in [3.8, 4) is 11.3 Å². The molecule has 1 amide bonds. The molecule has 5 rings (SSSR count). The maximum absolute atomic E-state index is 13.8. The summed E-state index contributed by atoms with van der Waals surface area (Å²) in [4.78, 5) is 19.1. The standard InChI is InChI=1S/C22H18F3N5O/c1-28-10-15(14-9-26-5-3-19(14)28)22(31)30-6-4-13-18(11-30)27-29(2)21(13)12-7-16(23)20(25)17(24)8-12/h3,5,7-10H,4,6,11H2,1-2H3. The Labute approximate surface area is 175 Å². The van der Waals surface area contributed by atoms with Crippen LogP contribution < -0.4 is 0 Å². The first-order valence-corrected chi connectivity index (χ1v) is 9.73. The Balaban J connectivity index is 1.49. The van der Waals surface area contributed by atoms with Crippen LogP contribution in [0.25, 0.3) is 22.2 Å². The minimum atomic E-state index is -1.50. The van der Waals surface area contributed by atoms with Crippen LogP contribution in [0.4, 0.5) is 13.2 Å². The Bertz CT molecular complexity index is 1330. The molecule has 0 radical (unpaired) electrons. The molecule has 0 fully saturated rings. The van der Waals surface area contributed by atoms with E-state index in [1.165, 1.54) is 4.68 Å². The predicted molar refractivity (Wildman–Crippen MR) is 108 cm³/mol. The molecular formula is C22H18F3N5O. The summed E-state index contributed by atoms with van der Waals surface area (Å²) in [7, 11) is 3.54. The first-order valence-electron chi connectivity index (χ1n) is 9.73. The molecule has 3 aromatic heterocycles. The highest BCUT2D eigenvalue weighted by Crippen LogP contribution is 2.32. The van der Waals surface area contributed by atoms with Crippen LogP contribution in [0.3, 0.4) is 0 Å². The lowest BCUT2D eigenvalue weighted by molar-refractivity contribution is 0.0734. The summed E-state index contributed by atoms with van der Waals surface area (Å²) >= 11 is 0. The molecular weight excluding hydrogens is 407 g/mol. The van der Waals surface area contributed by atoms with Crippen molar-refractivity contribution < 1.29 is 18.0 Å². The third-order valence-corrected chi connectivity index (χ3v) is 5.77. The molecule has 9 heteroatoms. The van der Waals surface area contributed by atoms with Gasteiger partial charge in [0.2, 0.25) is 0 Å². The number of carbonyl (C=O) groups excluding carboxylic acids is 1. The topological polar surface area (TPSA) is 56.0 Å². The number of halogens is 3. The van der Waals surface area contributed by atoms with Crippen molar-refractivity contribution in [2.45, 2.75) is 13.0 Å². The number of pyridine rings is 1. The monoisotopic (exact) mass is 425 g/mol. The van der Waals surface area contributed by atoms with E-state index in [2.05, 4.69) is 10.1 Å². The van der Waals surface area contributed by atoms with E-state index in [9.17, 15) is 18.0 Å². The quantitative estimate of drug-likeness (QED) is 0.462. The molecule has 0 atom stereocenters. The zero-order valence-corrected chi connectivity index (χ0v) is 16.9. The van der Waals surface area contributed by atoms with Gasteiger partial charge in [0.1, 0.15) is 0 Å². The lowest BCUT2D eigenvalue weighted by Crippen LogP contribution is -2.35. The number of carbonyl (C=O) groups is 1. The zero-order chi connectivity index (χ0) is 21.9. The van der Waals surface area contributed by atoms with E-state index < -0.39 is 17.5 Å². The minimum absolute atomic E-state index is 0.129. The number of rotatable bonds is 2. The Hall–Kier alpha value is -3.62. The number of benzene rings is 1. The molecule has 1 aromatic carbocycles. The Morgan fingerprint density at radius 3 is 2.61 bits per heavy atom. The molecule has 1 aliphatic rings. The summed E-state index contributed by atoms with van der Waals surface area (Å²) in [5, 5.41) is 5.25. The largest absolute Gasteiger partial charge is 0.350 e. The van der Waals surface area contributed by atoms with Crippen LogP contribution in [0.2, 0.25) is 0 Å². The second-order valence-corrected chi connectivity index (χ2v) is 7.67. The first-order chi connectivity index (χ1) is 14.8. The van der Waals surface area contributed by atoms with Crippen molar-refractivity contribution in [2.75, 3.05) is 6.54 Å². The Morgan fingerprint density at radius 1 is 1.13 bits per heavy atom. The van der Waals surface area contributed by atoms with Crippen LogP contribution in [0.5, 0.6) is 0 Å². The van der Waals surface area contributed by atoms with E-state index in [0.717, 1.165) is 28.6 Å². The van der Waals surface area contributed by atoms with Gasteiger partial charge >= 0.3 is 0 Å². The summed E-state index contributed by atoms with van der Waals surface area (Å²) in [6.45, 7) is 0.693. The fraction of sp³-hybridized carbons (Fsp3) is 0.227. The third-order valence-electron chi connectivity index (χ3n) is 5.77. The molecule has 4 aromatic rings. The van der Waals surface area contributed by atoms with Crippen molar-refractivity contribution in [1.29, 1.82) is 0 Å². The van der Waals surface area contributed by atoms with Crippen molar-refractivity contribution >= 4 is 16.8 Å². The van der Waals surface area contributed by atoms with E-state index >= 15 is 0 Å². The SMILES string of the molecule is Cn1nc2c(c1-c1cc(F)c(F)c(F)c1)CCN(C(=O)c1cn(C)c3ccncc13)C2. The number of fused-ring (bicyclic) bond motifs is 2. The van der Waals surface area contributed by atoms with E-state index in [1.807, 2.05) is 17.7 Å². The highest BCUT2D eigenvalue weighted by Gasteiger charge is 2.29. The van der Waals surface area contributed by atoms with Crippen molar-refractivity contribution in [3.63, 3.8) is 0 Å². The van der Waals surface area contributed by atoms with Gasteiger partial charge in [-0.1, -0.05) is 0 Å². The van der Waals surface area contributed by atoms with Gasteiger partial charge in [-0.2, -0.15) is 5.10 Å². The number of hydrogen-bond donors (Lipinski definition) is 0. The van der Waals surface area contributed by atoms with E-state index in [0.29, 0.717) is 29.9 Å². The van der Waals surface area contributed by atoms with Gasteiger partial charge in [-0.25, -0.2) is 13.2 Å². The van der Waals surface area contributed by atoms with E-state index in [-0.39, 0.29) is 18.0 Å². The van der Waals surface area contributed by atoms with Gasteiger partial charge in [-0.3, -0.25) is 14.5 Å². The smallest absolute Gasteiger partial charge is 0.256 e. The van der Waals surface area contributed by atoms with Crippen LogP contribution in [-0.4, -0.2) is 36.7 Å². The normalized spacial score (nSPS) is 13.6. The second kappa shape index (κ2) is 6.97. The van der Waals surface area contributed by atoms with Gasteiger partial charge in [-0.15, -0.1) is 0 Å². The number of aryl methyl sites for hydroxylation is 2. The third kappa shape index (κ3) is 2.99. The van der Waals surface area contributed by atoms with Gasteiger partial charge in [-0.05, 0) is 24.6 Å². The molecule has 0 aliphatic carbocycles. The summed E-state index contributed by atoms with van der Waals surface area (Å²) in [6.07, 6.45) is 5.61. The molecule has 4 heterocycles. The molecule has 0 unspecified atom stereocenters. The highest BCUT2D eigenvalue weighted by molar-refractivity contribution is 6.06. The maximum Gasteiger partial charge on any atom is 0.256 e. The average Bonchev–Trinajstić information content (AvgIpc) is 3.27. The summed E-state index contributed by atoms with van der Waals surface area (Å²) in [5.74, 6) is -4.12. The van der Waals surface area contributed by atoms with Crippen LogP contribution >= 0.6 is 0 Å². The lowest BCUT2D eigenvalue weighted by Gasteiger charge is -2.26. The molecule has 1 aliphatic heterocycles. The predicted octanol–water partition coefficient (Wildman–Crippen LogP) is 3.59. The number of amides is 1. The molecule has 0 bridgehead atoms. The molecule has 6 nitrogen and oxygen atoms in total. The van der Waals surface area contributed by atoms with Crippen LogP contribution in [0, 0.1) is 17.5 Å². The van der Waals surface area contributed by atoms with E-state index in [4.69, 9.17) is 0 Å². The van der Waals surface area contributed by atoms with Crippen LogP contribution in [-0.2, 0) is 27.1 Å². The summed E-state index contributed by atoms with van der Waals surface area (Å²) < 4.78 is 44.3. The number of hydrogen-bond acceptors (Lipinski definition) is 3. The van der Waals surface area contributed by atoms with Gasteiger partial charge in [0.25, 0.3) is 5.91 Å². The molecule has 0 saturated carbocycles.